The van der Waals surface area contributed by atoms with Crippen molar-refractivity contribution >= 4 is 5.91 Å². The molecule has 0 unspecified atom stereocenters. The minimum atomic E-state index is -0.539. The van der Waals surface area contributed by atoms with Crippen molar-refractivity contribution < 1.29 is 9.53 Å². The molecule has 2 heterocycles. The van der Waals surface area contributed by atoms with E-state index in [9.17, 15) is 14.4 Å². The quantitative estimate of drug-likeness (QED) is 0.697. The summed E-state index contributed by atoms with van der Waals surface area (Å²) < 4.78 is 6.58. The van der Waals surface area contributed by atoms with E-state index in [2.05, 4.69) is 27.1 Å². The minimum Gasteiger partial charge on any atom is -0.479 e. The standard InChI is InChI=1S/C16H16N4O4/c21-14(5-9-20-10-6-15(22)19-16(20)23)18-8-1-2-11-24-13-4-3-7-17-12-13/h3-4,6-7,10,12H,5,8-9,11H2,(H,18,21)(H,19,22,23). The highest BCUT2D eigenvalue weighted by Gasteiger charge is 2.02. The van der Waals surface area contributed by atoms with Crippen molar-refractivity contribution in [2.75, 3.05) is 13.2 Å². The Kier molecular flexibility index (Phi) is 6.35. The summed E-state index contributed by atoms with van der Waals surface area (Å²) in [6, 6.07) is 4.76. The van der Waals surface area contributed by atoms with Gasteiger partial charge in [0.05, 0.1) is 12.7 Å². The first kappa shape index (κ1) is 17.0. The van der Waals surface area contributed by atoms with Gasteiger partial charge in [0.1, 0.15) is 12.4 Å². The third-order valence-corrected chi connectivity index (χ3v) is 2.92. The van der Waals surface area contributed by atoms with Crippen molar-refractivity contribution in [3.63, 3.8) is 0 Å². The molecule has 2 N–H and O–H groups in total. The summed E-state index contributed by atoms with van der Waals surface area (Å²) in [5.41, 5.74) is -1.01. The highest BCUT2D eigenvalue weighted by molar-refractivity contribution is 5.76. The van der Waals surface area contributed by atoms with E-state index in [1.165, 1.54) is 16.8 Å². The number of aryl methyl sites for hydroxylation is 1. The maximum absolute atomic E-state index is 11.6. The number of amides is 1. The van der Waals surface area contributed by atoms with Crippen molar-refractivity contribution in [3.05, 3.63) is 57.6 Å². The summed E-state index contributed by atoms with van der Waals surface area (Å²) in [6.45, 7) is 0.573. The molecule has 0 bridgehead atoms. The van der Waals surface area contributed by atoms with Crippen LogP contribution in [0.2, 0.25) is 0 Å². The number of H-pyrrole nitrogens is 1. The highest BCUT2D eigenvalue weighted by Crippen LogP contribution is 2.04. The number of nitrogens with zero attached hydrogens (tertiary/aromatic N) is 2. The molecule has 8 heteroatoms. The van der Waals surface area contributed by atoms with Gasteiger partial charge < -0.3 is 14.6 Å². The number of aromatic nitrogens is 3. The Bertz CT molecular complexity index is 846. The number of ether oxygens (including phenoxy) is 1. The second-order valence-electron chi connectivity index (χ2n) is 4.66. The normalized spacial score (nSPS) is 9.67. The Labute approximate surface area is 137 Å². The molecule has 24 heavy (non-hydrogen) atoms. The van der Waals surface area contributed by atoms with E-state index in [-0.39, 0.29) is 32.0 Å². The van der Waals surface area contributed by atoms with E-state index in [0.29, 0.717) is 5.75 Å². The molecule has 2 rings (SSSR count). The molecule has 0 aromatic carbocycles. The molecule has 0 spiro atoms. The second-order valence-corrected chi connectivity index (χ2v) is 4.66. The van der Waals surface area contributed by atoms with Crippen LogP contribution in [0.3, 0.4) is 0 Å². The zero-order valence-corrected chi connectivity index (χ0v) is 12.8. The number of aromatic amines is 1. The van der Waals surface area contributed by atoms with Gasteiger partial charge in [-0.2, -0.15) is 0 Å². The number of carbonyl (C=O) groups excluding carboxylic acids is 1. The summed E-state index contributed by atoms with van der Waals surface area (Å²) in [4.78, 5) is 40.0. The molecular formula is C16H16N4O4. The number of pyridine rings is 1. The lowest BCUT2D eigenvalue weighted by Crippen LogP contribution is -2.31. The first-order valence-electron chi connectivity index (χ1n) is 7.20. The van der Waals surface area contributed by atoms with Crippen LogP contribution in [0.15, 0.2) is 46.4 Å². The fraction of sp³-hybridized carbons (Fsp3) is 0.250. The van der Waals surface area contributed by atoms with Crippen LogP contribution in [0.5, 0.6) is 5.75 Å². The van der Waals surface area contributed by atoms with Crippen LogP contribution in [0.1, 0.15) is 6.42 Å². The van der Waals surface area contributed by atoms with Crippen LogP contribution in [-0.4, -0.2) is 33.6 Å². The van der Waals surface area contributed by atoms with Gasteiger partial charge in [-0.25, -0.2) is 4.79 Å². The van der Waals surface area contributed by atoms with E-state index in [4.69, 9.17) is 4.74 Å². The summed E-state index contributed by atoms with van der Waals surface area (Å²) in [6.07, 6.45) is 4.70. The Hall–Kier alpha value is -3.34. The van der Waals surface area contributed by atoms with Crippen molar-refractivity contribution in [1.29, 1.82) is 0 Å². The largest absolute Gasteiger partial charge is 0.479 e. The Morgan fingerprint density at radius 2 is 2.21 bits per heavy atom. The second kappa shape index (κ2) is 8.95. The average molecular weight is 328 g/mol. The highest BCUT2D eigenvalue weighted by atomic mass is 16.5. The Morgan fingerprint density at radius 3 is 2.96 bits per heavy atom. The van der Waals surface area contributed by atoms with E-state index in [1.54, 1.807) is 24.5 Å². The lowest BCUT2D eigenvalue weighted by atomic mass is 10.4. The van der Waals surface area contributed by atoms with Crippen LogP contribution in [0.4, 0.5) is 0 Å². The fourth-order valence-electron chi connectivity index (χ4n) is 1.74. The Morgan fingerprint density at radius 1 is 1.33 bits per heavy atom. The molecule has 0 aliphatic heterocycles. The van der Waals surface area contributed by atoms with Crippen molar-refractivity contribution in [1.82, 2.24) is 19.9 Å². The van der Waals surface area contributed by atoms with Crippen molar-refractivity contribution in [2.24, 2.45) is 0 Å². The van der Waals surface area contributed by atoms with E-state index in [1.807, 2.05) is 0 Å². The van der Waals surface area contributed by atoms with Crippen LogP contribution >= 0.6 is 0 Å². The van der Waals surface area contributed by atoms with E-state index in [0.717, 1.165) is 0 Å². The molecule has 0 saturated heterocycles. The van der Waals surface area contributed by atoms with Gasteiger partial charge in [0, 0.05) is 31.4 Å². The van der Waals surface area contributed by atoms with Gasteiger partial charge in [0.2, 0.25) is 5.91 Å². The SMILES string of the molecule is O=C(CCn1ccc(=O)[nH]c1=O)NCC#CCOc1cccnc1. The van der Waals surface area contributed by atoms with Gasteiger partial charge in [-0.15, -0.1) is 0 Å². The van der Waals surface area contributed by atoms with E-state index < -0.39 is 11.2 Å². The van der Waals surface area contributed by atoms with Crippen LogP contribution in [0.25, 0.3) is 0 Å². The van der Waals surface area contributed by atoms with Gasteiger partial charge >= 0.3 is 5.69 Å². The van der Waals surface area contributed by atoms with Gasteiger partial charge in [-0.1, -0.05) is 11.8 Å². The molecule has 2 aromatic heterocycles. The van der Waals surface area contributed by atoms with Gasteiger partial charge in [-0.05, 0) is 12.1 Å². The molecule has 0 aliphatic rings. The summed E-state index contributed by atoms with van der Waals surface area (Å²) in [5, 5.41) is 2.61. The summed E-state index contributed by atoms with van der Waals surface area (Å²) >= 11 is 0. The van der Waals surface area contributed by atoms with Crippen LogP contribution in [-0.2, 0) is 11.3 Å². The fourth-order valence-corrected chi connectivity index (χ4v) is 1.74. The van der Waals surface area contributed by atoms with Crippen molar-refractivity contribution in [2.45, 2.75) is 13.0 Å². The number of hydrogen-bond acceptors (Lipinski definition) is 5. The molecule has 0 saturated carbocycles. The minimum absolute atomic E-state index is 0.111. The monoisotopic (exact) mass is 328 g/mol. The van der Waals surface area contributed by atoms with Crippen LogP contribution < -0.4 is 21.3 Å². The first-order chi connectivity index (χ1) is 11.6. The third kappa shape index (κ3) is 5.81. The van der Waals surface area contributed by atoms with Gasteiger partial charge in [-0.3, -0.25) is 19.6 Å². The molecule has 0 aliphatic carbocycles. The average Bonchev–Trinajstić information content (AvgIpc) is 2.58. The van der Waals surface area contributed by atoms with Gasteiger partial charge in [0.25, 0.3) is 5.56 Å². The summed E-state index contributed by atoms with van der Waals surface area (Å²) in [7, 11) is 0. The lowest BCUT2D eigenvalue weighted by molar-refractivity contribution is -0.121. The number of nitrogens with one attached hydrogen (secondary N) is 2. The Balaban J connectivity index is 1.66. The topological polar surface area (TPSA) is 106 Å². The molecule has 1 amide bonds. The molecule has 0 radical (unpaired) electrons. The smallest absolute Gasteiger partial charge is 0.328 e. The molecule has 0 fully saturated rings. The number of hydrogen-bond donors (Lipinski definition) is 2. The predicted molar refractivity (Wildman–Crippen MR) is 86.5 cm³/mol. The zero-order valence-electron chi connectivity index (χ0n) is 12.8. The molecule has 124 valence electrons. The number of carbonyl (C=O) groups is 1. The predicted octanol–water partition coefficient (Wildman–Crippen LogP) is -0.480. The third-order valence-electron chi connectivity index (χ3n) is 2.92. The lowest BCUT2D eigenvalue weighted by Gasteiger charge is -2.04. The molecule has 8 nitrogen and oxygen atoms in total. The van der Waals surface area contributed by atoms with E-state index >= 15 is 0 Å². The first-order valence-corrected chi connectivity index (χ1v) is 7.20. The number of rotatable bonds is 6. The van der Waals surface area contributed by atoms with Crippen LogP contribution in [0, 0.1) is 11.8 Å². The van der Waals surface area contributed by atoms with Crippen molar-refractivity contribution in [3.8, 4) is 17.6 Å². The summed E-state index contributed by atoms with van der Waals surface area (Å²) in [5.74, 6) is 5.92. The molecular weight excluding hydrogens is 312 g/mol. The zero-order chi connectivity index (χ0) is 17.2. The molecule has 0 atom stereocenters. The van der Waals surface area contributed by atoms with Gasteiger partial charge in [0.15, 0.2) is 0 Å². The maximum Gasteiger partial charge on any atom is 0.328 e. The maximum atomic E-state index is 11.6. The molecule has 2 aromatic rings.